The highest BCUT2D eigenvalue weighted by Gasteiger charge is 2.25. The van der Waals surface area contributed by atoms with Crippen molar-refractivity contribution < 1.29 is 4.79 Å². The summed E-state index contributed by atoms with van der Waals surface area (Å²) in [5.74, 6) is 0.506. The number of amides is 1. The van der Waals surface area contributed by atoms with Gasteiger partial charge in [-0.3, -0.25) is 10.1 Å². The Labute approximate surface area is 110 Å². The number of imidazole rings is 1. The molecule has 19 heavy (non-hydrogen) atoms. The van der Waals surface area contributed by atoms with Crippen LogP contribution in [0.25, 0.3) is 0 Å². The van der Waals surface area contributed by atoms with Gasteiger partial charge < -0.3 is 10.3 Å². The third-order valence-corrected chi connectivity index (χ3v) is 3.21. The molecule has 1 aliphatic rings. The standard InChI is InChI=1S/C13H15N5O/c1-8-2-3-14-12(4-8)18-13(19)10-5-9-11(6-15-10)17-7-16-9/h2-4,7,10,15H,5-6H2,1H3,(H,16,17)(H,14,18,19). The van der Waals surface area contributed by atoms with Gasteiger partial charge in [-0.05, 0) is 24.6 Å². The van der Waals surface area contributed by atoms with Gasteiger partial charge >= 0.3 is 0 Å². The highest BCUT2D eigenvalue weighted by molar-refractivity contribution is 5.94. The number of nitrogens with zero attached hydrogens (tertiary/aromatic N) is 2. The molecular weight excluding hydrogens is 242 g/mol. The topological polar surface area (TPSA) is 82.7 Å². The Morgan fingerprint density at radius 3 is 3.21 bits per heavy atom. The highest BCUT2D eigenvalue weighted by Crippen LogP contribution is 2.13. The zero-order valence-electron chi connectivity index (χ0n) is 10.6. The minimum atomic E-state index is -0.266. The fraction of sp³-hybridized carbons (Fsp3) is 0.308. The number of hydrogen-bond donors (Lipinski definition) is 3. The molecule has 3 heterocycles. The van der Waals surface area contributed by atoms with E-state index in [9.17, 15) is 4.79 Å². The van der Waals surface area contributed by atoms with Gasteiger partial charge in [0.25, 0.3) is 0 Å². The molecule has 1 amide bonds. The quantitative estimate of drug-likeness (QED) is 0.742. The van der Waals surface area contributed by atoms with Crippen LogP contribution in [0, 0.1) is 6.92 Å². The maximum atomic E-state index is 12.2. The molecule has 3 rings (SSSR count). The van der Waals surface area contributed by atoms with E-state index < -0.39 is 0 Å². The van der Waals surface area contributed by atoms with Crippen LogP contribution < -0.4 is 10.6 Å². The first-order valence-corrected chi connectivity index (χ1v) is 6.20. The number of pyridine rings is 1. The molecule has 1 atom stereocenters. The molecule has 0 saturated heterocycles. The van der Waals surface area contributed by atoms with Crippen molar-refractivity contribution in [1.82, 2.24) is 20.3 Å². The van der Waals surface area contributed by atoms with E-state index in [0.717, 1.165) is 17.0 Å². The average Bonchev–Trinajstić information content (AvgIpc) is 2.85. The second-order valence-electron chi connectivity index (χ2n) is 4.67. The van der Waals surface area contributed by atoms with Crippen LogP contribution in [0.5, 0.6) is 0 Å². The smallest absolute Gasteiger partial charge is 0.243 e. The molecule has 6 nitrogen and oxygen atoms in total. The van der Waals surface area contributed by atoms with E-state index in [-0.39, 0.29) is 11.9 Å². The number of nitrogens with one attached hydrogen (secondary N) is 3. The largest absolute Gasteiger partial charge is 0.347 e. The van der Waals surface area contributed by atoms with Crippen LogP contribution in [-0.4, -0.2) is 26.9 Å². The molecular formula is C13H15N5O. The molecule has 0 aliphatic carbocycles. The minimum Gasteiger partial charge on any atom is -0.347 e. The third-order valence-electron chi connectivity index (χ3n) is 3.21. The van der Waals surface area contributed by atoms with Gasteiger partial charge in [-0.1, -0.05) is 0 Å². The lowest BCUT2D eigenvalue weighted by Gasteiger charge is -2.22. The van der Waals surface area contributed by atoms with Crippen LogP contribution in [0.1, 0.15) is 17.0 Å². The lowest BCUT2D eigenvalue weighted by Crippen LogP contribution is -2.44. The Bertz CT molecular complexity index is 607. The molecule has 0 fully saturated rings. The molecule has 0 radical (unpaired) electrons. The second kappa shape index (κ2) is 4.81. The molecule has 0 saturated carbocycles. The molecule has 2 aromatic heterocycles. The van der Waals surface area contributed by atoms with Crippen molar-refractivity contribution in [2.24, 2.45) is 0 Å². The predicted molar refractivity (Wildman–Crippen MR) is 70.5 cm³/mol. The van der Waals surface area contributed by atoms with Crippen LogP contribution in [0.2, 0.25) is 0 Å². The van der Waals surface area contributed by atoms with E-state index in [0.29, 0.717) is 18.8 Å². The number of aromatic nitrogens is 3. The van der Waals surface area contributed by atoms with E-state index in [4.69, 9.17) is 0 Å². The van der Waals surface area contributed by atoms with Gasteiger partial charge in [0.2, 0.25) is 5.91 Å². The molecule has 6 heteroatoms. The molecule has 0 bridgehead atoms. The number of anilines is 1. The second-order valence-corrected chi connectivity index (χ2v) is 4.67. The fourth-order valence-electron chi connectivity index (χ4n) is 2.17. The third kappa shape index (κ3) is 2.48. The monoisotopic (exact) mass is 257 g/mol. The summed E-state index contributed by atoms with van der Waals surface area (Å²) < 4.78 is 0. The Morgan fingerprint density at radius 1 is 1.47 bits per heavy atom. The predicted octanol–water partition coefficient (Wildman–Crippen LogP) is 0.766. The van der Waals surface area contributed by atoms with E-state index in [1.165, 1.54) is 0 Å². The van der Waals surface area contributed by atoms with Crippen molar-refractivity contribution >= 4 is 11.7 Å². The number of aryl methyl sites for hydroxylation is 1. The first kappa shape index (κ1) is 11.9. The Morgan fingerprint density at radius 2 is 2.37 bits per heavy atom. The normalized spacial score (nSPS) is 17.8. The van der Waals surface area contributed by atoms with Crippen molar-refractivity contribution in [2.45, 2.75) is 25.9 Å². The lowest BCUT2D eigenvalue weighted by atomic mass is 10.0. The summed E-state index contributed by atoms with van der Waals surface area (Å²) in [6.07, 6.45) is 3.94. The summed E-state index contributed by atoms with van der Waals surface area (Å²) >= 11 is 0. The molecule has 3 N–H and O–H groups in total. The van der Waals surface area contributed by atoms with Crippen LogP contribution in [0.3, 0.4) is 0 Å². The van der Waals surface area contributed by atoms with Crippen LogP contribution in [0.4, 0.5) is 5.82 Å². The summed E-state index contributed by atoms with van der Waals surface area (Å²) in [5.41, 5.74) is 3.07. The Balaban J connectivity index is 1.69. The molecule has 2 aromatic rings. The summed E-state index contributed by atoms with van der Waals surface area (Å²) in [6, 6.07) is 3.48. The van der Waals surface area contributed by atoms with Crippen molar-refractivity contribution in [3.05, 3.63) is 41.6 Å². The van der Waals surface area contributed by atoms with Gasteiger partial charge in [0, 0.05) is 19.2 Å². The first-order valence-electron chi connectivity index (χ1n) is 6.20. The summed E-state index contributed by atoms with van der Waals surface area (Å²) in [5, 5.41) is 6.01. The zero-order chi connectivity index (χ0) is 13.2. The van der Waals surface area contributed by atoms with E-state index >= 15 is 0 Å². The van der Waals surface area contributed by atoms with Gasteiger partial charge in [-0.2, -0.15) is 0 Å². The number of fused-ring (bicyclic) bond motifs is 1. The van der Waals surface area contributed by atoms with Gasteiger partial charge in [-0.15, -0.1) is 0 Å². The molecule has 0 aromatic carbocycles. The summed E-state index contributed by atoms with van der Waals surface area (Å²) in [7, 11) is 0. The van der Waals surface area contributed by atoms with E-state index in [1.807, 2.05) is 19.1 Å². The van der Waals surface area contributed by atoms with Crippen molar-refractivity contribution in [3.8, 4) is 0 Å². The maximum absolute atomic E-state index is 12.2. The fourth-order valence-corrected chi connectivity index (χ4v) is 2.17. The molecule has 0 spiro atoms. The van der Waals surface area contributed by atoms with Crippen molar-refractivity contribution in [2.75, 3.05) is 5.32 Å². The average molecular weight is 257 g/mol. The van der Waals surface area contributed by atoms with Crippen LogP contribution in [0.15, 0.2) is 24.7 Å². The minimum absolute atomic E-state index is 0.0771. The molecule has 1 unspecified atom stereocenters. The SMILES string of the molecule is Cc1ccnc(NC(=O)C2Cc3nc[nH]c3CN2)c1. The molecule has 1 aliphatic heterocycles. The van der Waals surface area contributed by atoms with Crippen LogP contribution in [-0.2, 0) is 17.8 Å². The van der Waals surface area contributed by atoms with Crippen molar-refractivity contribution in [1.29, 1.82) is 0 Å². The number of carbonyl (C=O) groups is 1. The van der Waals surface area contributed by atoms with E-state index in [1.54, 1.807) is 12.5 Å². The maximum Gasteiger partial charge on any atom is 0.243 e. The zero-order valence-corrected chi connectivity index (χ0v) is 10.6. The van der Waals surface area contributed by atoms with Gasteiger partial charge in [-0.25, -0.2) is 9.97 Å². The summed E-state index contributed by atoms with van der Waals surface area (Å²) in [4.78, 5) is 23.6. The van der Waals surface area contributed by atoms with E-state index in [2.05, 4.69) is 25.6 Å². The van der Waals surface area contributed by atoms with Gasteiger partial charge in [0.05, 0.1) is 23.8 Å². The number of hydrogen-bond acceptors (Lipinski definition) is 4. The number of rotatable bonds is 2. The van der Waals surface area contributed by atoms with Crippen molar-refractivity contribution in [3.63, 3.8) is 0 Å². The Kier molecular flexibility index (Phi) is 3.00. The van der Waals surface area contributed by atoms with Gasteiger partial charge in [0.1, 0.15) is 5.82 Å². The lowest BCUT2D eigenvalue weighted by molar-refractivity contribution is -0.118. The summed E-state index contributed by atoms with van der Waals surface area (Å²) in [6.45, 7) is 2.60. The van der Waals surface area contributed by atoms with Crippen LogP contribution >= 0.6 is 0 Å². The molecule has 98 valence electrons. The number of carbonyl (C=O) groups excluding carboxylic acids is 1. The number of H-pyrrole nitrogens is 1. The number of aromatic amines is 1. The Hall–Kier alpha value is -2.21. The van der Waals surface area contributed by atoms with Gasteiger partial charge in [0.15, 0.2) is 0 Å². The highest BCUT2D eigenvalue weighted by atomic mass is 16.2. The first-order chi connectivity index (χ1) is 9.22.